The van der Waals surface area contributed by atoms with Crippen molar-refractivity contribution in [2.45, 2.75) is 58.8 Å². The van der Waals surface area contributed by atoms with Crippen molar-refractivity contribution in [3.63, 3.8) is 0 Å². The zero-order valence-electron chi connectivity index (χ0n) is 10.4. The Morgan fingerprint density at radius 3 is 2.20 bits per heavy atom. The molecule has 0 aliphatic heterocycles. The smallest absolute Gasteiger partial charge is 0.0262 e. The Morgan fingerprint density at radius 1 is 0.800 bits per heavy atom. The van der Waals surface area contributed by atoms with Crippen molar-refractivity contribution in [2.24, 2.45) is 23.7 Å². The van der Waals surface area contributed by atoms with E-state index in [0.717, 1.165) is 23.7 Å². The molecule has 2 aliphatic rings. The van der Waals surface area contributed by atoms with Gasteiger partial charge in [-0.15, -0.1) is 0 Å². The lowest BCUT2D eigenvalue weighted by Gasteiger charge is -2.32. The molecule has 0 aromatic carbocycles. The highest BCUT2D eigenvalue weighted by atomic mass is 14.3. The zero-order chi connectivity index (χ0) is 10.7. The quantitative estimate of drug-likeness (QED) is 0.540. The summed E-state index contributed by atoms with van der Waals surface area (Å²) in [5.74, 6) is 3.90. The van der Waals surface area contributed by atoms with Gasteiger partial charge in [0.05, 0.1) is 0 Å². The third-order valence-corrected chi connectivity index (χ3v) is 4.62. The highest BCUT2D eigenvalue weighted by molar-refractivity contribution is 4.93. The van der Waals surface area contributed by atoms with Crippen LogP contribution in [0.4, 0.5) is 0 Å². The van der Waals surface area contributed by atoms with E-state index in [9.17, 15) is 0 Å². The van der Waals surface area contributed by atoms with E-state index >= 15 is 0 Å². The largest absolute Gasteiger partial charge is 0.0880 e. The molecule has 15 heavy (non-hydrogen) atoms. The second kappa shape index (κ2) is 5.18. The fraction of sp³-hybridized carbons (Fsp3) is 0.867. The molecular weight excluding hydrogens is 180 g/mol. The van der Waals surface area contributed by atoms with Gasteiger partial charge in [0, 0.05) is 0 Å². The van der Waals surface area contributed by atoms with Crippen LogP contribution in [0, 0.1) is 23.7 Å². The molecule has 2 rings (SSSR count). The van der Waals surface area contributed by atoms with Crippen LogP contribution in [0.5, 0.6) is 0 Å². The monoisotopic (exact) mass is 206 g/mol. The normalized spacial score (nSPS) is 42.5. The van der Waals surface area contributed by atoms with Gasteiger partial charge in [0.25, 0.3) is 0 Å². The number of rotatable bonds is 1. The fourth-order valence-electron chi connectivity index (χ4n) is 3.36. The average molecular weight is 206 g/mol. The average Bonchev–Trinajstić information content (AvgIpc) is 2.44. The SMILES string of the molecule is CC1C=CCC(C2CCC(C)CC2)CC1. The van der Waals surface area contributed by atoms with Gasteiger partial charge in [0.15, 0.2) is 0 Å². The van der Waals surface area contributed by atoms with Gasteiger partial charge in [-0.25, -0.2) is 0 Å². The predicted octanol–water partition coefficient (Wildman–Crippen LogP) is 4.81. The summed E-state index contributed by atoms with van der Waals surface area (Å²) in [6.45, 7) is 4.78. The molecule has 86 valence electrons. The Morgan fingerprint density at radius 2 is 1.47 bits per heavy atom. The van der Waals surface area contributed by atoms with Gasteiger partial charge in [-0.2, -0.15) is 0 Å². The molecule has 0 nitrogen and oxygen atoms in total. The summed E-state index contributed by atoms with van der Waals surface area (Å²) in [6, 6.07) is 0. The highest BCUT2D eigenvalue weighted by Crippen LogP contribution is 2.38. The van der Waals surface area contributed by atoms with Crippen LogP contribution < -0.4 is 0 Å². The van der Waals surface area contributed by atoms with Gasteiger partial charge >= 0.3 is 0 Å². The second-order valence-electron chi connectivity index (χ2n) is 6.00. The number of allylic oxidation sites excluding steroid dienone is 2. The van der Waals surface area contributed by atoms with Crippen molar-refractivity contribution in [1.82, 2.24) is 0 Å². The van der Waals surface area contributed by atoms with Crippen LogP contribution in [0.2, 0.25) is 0 Å². The van der Waals surface area contributed by atoms with Gasteiger partial charge in [-0.1, -0.05) is 38.8 Å². The molecule has 0 saturated heterocycles. The topological polar surface area (TPSA) is 0 Å². The van der Waals surface area contributed by atoms with Crippen LogP contribution in [-0.2, 0) is 0 Å². The molecule has 2 unspecified atom stereocenters. The first-order valence-corrected chi connectivity index (χ1v) is 6.92. The third kappa shape index (κ3) is 3.09. The first-order chi connectivity index (χ1) is 7.25. The van der Waals surface area contributed by atoms with Crippen molar-refractivity contribution in [1.29, 1.82) is 0 Å². The molecule has 2 aliphatic carbocycles. The van der Waals surface area contributed by atoms with Crippen molar-refractivity contribution >= 4 is 0 Å². The van der Waals surface area contributed by atoms with Crippen LogP contribution in [0.1, 0.15) is 58.8 Å². The Balaban J connectivity index is 1.85. The van der Waals surface area contributed by atoms with E-state index in [1.165, 1.54) is 44.9 Å². The molecule has 1 saturated carbocycles. The van der Waals surface area contributed by atoms with E-state index in [4.69, 9.17) is 0 Å². The maximum Gasteiger partial charge on any atom is -0.0262 e. The minimum absolute atomic E-state index is 0.831. The summed E-state index contributed by atoms with van der Waals surface area (Å²) in [7, 11) is 0. The Kier molecular flexibility index (Phi) is 3.88. The molecule has 0 heterocycles. The number of hydrogen-bond acceptors (Lipinski definition) is 0. The minimum atomic E-state index is 0.831. The summed E-state index contributed by atoms with van der Waals surface area (Å²) in [4.78, 5) is 0. The Bertz CT molecular complexity index is 208. The summed E-state index contributed by atoms with van der Waals surface area (Å²) in [6.07, 6.45) is 15.2. The van der Waals surface area contributed by atoms with Crippen LogP contribution in [0.3, 0.4) is 0 Å². The molecule has 0 heteroatoms. The van der Waals surface area contributed by atoms with Gasteiger partial charge in [0.1, 0.15) is 0 Å². The predicted molar refractivity (Wildman–Crippen MR) is 66.8 cm³/mol. The van der Waals surface area contributed by atoms with Crippen LogP contribution in [0.15, 0.2) is 12.2 Å². The fourth-order valence-corrected chi connectivity index (χ4v) is 3.36. The van der Waals surface area contributed by atoms with Crippen LogP contribution in [-0.4, -0.2) is 0 Å². The molecule has 0 aromatic rings. The molecule has 0 bridgehead atoms. The molecule has 0 spiro atoms. The first kappa shape index (κ1) is 11.2. The standard InChI is InChI=1S/C15H26/c1-12-4-3-5-14(9-6-12)15-10-7-13(2)8-11-15/h3-4,12-15H,5-11H2,1-2H3. The first-order valence-electron chi connectivity index (χ1n) is 6.92. The molecule has 1 fully saturated rings. The molecule has 0 radical (unpaired) electrons. The molecule has 0 N–H and O–H groups in total. The summed E-state index contributed by atoms with van der Waals surface area (Å²) in [5, 5.41) is 0. The maximum absolute atomic E-state index is 2.46. The number of hydrogen-bond donors (Lipinski definition) is 0. The van der Waals surface area contributed by atoms with E-state index in [1.54, 1.807) is 0 Å². The maximum atomic E-state index is 2.46. The lowest BCUT2D eigenvalue weighted by molar-refractivity contribution is 0.201. The lowest BCUT2D eigenvalue weighted by atomic mass is 9.74. The second-order valence-corrected chi connectivity index (χ2v) is 6.00. The van der Waals surface area contributed by atoms with Gasteiger partial charge in [-0.05, 0) is 55.8 Å². The van der Waals surface area contributed by atoms with Crippen LogP contribution in [0.25, 0.3) is 0 Å². The Hall–Kier alpha value is -0.260. The van der Waals surface area contributed by atoms with E-state index in [1.807, 2.05) is 0 Å². The summed E-state index contributed by atoms with van der Waals surface area (Å²) in [5.41, 5.74) is 0. The van der Waals surface area contributed by atoms with E-state index in [-0.39, 0.29) is 0 Å². The minimum Gasteiger partial charge on any atom is -0.0880 e. The van der Waals surface area contributed by atoms with E-state index in [2.05, 4.69) is 26.0 Å². The summed E-state index contributed by atoms with van der Waals surface area (Å²) < 4.78 is 0. The molecular formula is C15H26. The summed E-state index contributed by atoms with van der Waals surface area (Å²) >= 11 is 0. The molecule has 0 amide bonds. The van der Waals surface area contributed by atoms with Crippen molar-refractivity contribution < 1.29 is 0 Å². The van der Waals surface area contributed by atoms with Gasteiger partial charge in [0.2, 0.25) is 0 Å². The van der Waals surface area contributed by atoms with Gasteiger partial charge < -0.3 is 0 Å². The van der Waals surface area contributed by atoms with E-state index in [0.29, 0.717) is 0 Å². The van der Waals surface area contributed by atoms with E-state index < -0.39 is 0 Å². The van der Waals surface area contributed by atoms with Crippen molar-refractivity contribution in [3.8, 4) is 0 Å². The van der Waals surface area contributed by atoms with Crippen molar-refractivity contribution in [3.05, 3.63) is 12.2 Å². The third-order valence-electron chi connectivity index (χ3n) is 4.62. The lowest BCUT2D eigenvalue weighted by Crippen LogP contribution is -2.20. The van der Waals surface area contributed by atoms with Crippen molar-refractivity contribution in [2.75, 3.05) is 0 Å². The molecule has 2 atom stereocenters. The zero-order valence-corrected chi connectivity index (χ0v) is 10.4. The van der Waals surface area contributed by atoms with Crippen LogP contribution >= 0.6 is 0 Å². The molecule has 0 aromatic heterocycles. The van der Waals surface area contributed by atoms with Gasteiger partial charge in [-0.3, -0.25) is 0 Å². The Labute approximate surface area is 95.1 Å². The highest BCUT2D eigenvalue weighted by Gasteiger charge is 2.26.